The van der Waals surface area contributed by atoms with Gasteiger partial charge in [0.2, 0.25) is 0 Å². The van der Waals surface area contributed by atoms with E-state index in [-0.39, 0.29) is 6.61 Å². The fourth-order valence-electron chi connectivity index (χ4n) is 1.13. The molecule has 0 unspecified atom stereocenters. The molecule has 0 saturated carbocycles. The molecule has 0 fully saturated rings. The van der Waals surface area contributed by atoms with Crippen molar-refractivity contribution in [2.75, 3.05) is 6.61 Å². The molecule has 0 aliphatic carbocycles. The van der Waals surface area contributed by atoms with Crippen LogP contribution in [0.25, 0.3) is 0 Å². The van der Waals surface area contributed by atoms with Crippen LogP contribution in [0.4, 0.5) is 0 Å². The Kier molecular flexibility index (Phi) is 4.36. The minimum absolute atomic E-state index is 0.127. The third-order valence-electron chi connectivity index (χ3n) is 1.91. The Balaban J connectivity index is 2.50. The van der Waals surface area contributed by atoms with E-state index in [0.717, 1.165) is 5.56 Å². The SMILES string of the molecule is CC(C)(C#CCO)OCc1ccccc1. The van der Waals surface area contributed by atoms with E-state index in [0.29, 0.717) is 6.61 Å². The van der Waals surface area contributed by atoms with Gasteiger partial charge < -0.3 is 9.84 Å². The Morgan fingerprint density at radius 1 is 1.27 bits per heavy atom. The Bertz CT molecular complexity index is 344. The van der Waals surface area contributed by atoms with E-state index in [2.05, 4.69) is 11.8 Å². The second-order valence-electron chi connectivity index (χ2n) is 3.74. The summed E-state index contributed by atoms with van der Waals surface area (Å²) >= 11 is 0. The Hall–Kier alpha value is -1.30. The molecular weight excluding hydrogens is 188 g/mol. The van der Waals surface area contributed by atoms with Gasteiger partial charge in [-0.15, -0.1) is 0 Å². The molecule has 80 valence electrons. The quantitative estimate of drug-likeness (QED) is 0.763. The van der Waals surface area contributed by atoms with Crippen molar-refractivity contribution in [2.45, 2.75) is 26.1 Å². The molecule has 0 amide bonds. The molecule has 15 heavy (non-hydrogen) atoms. The number of hydrogen-bond acceptors (Lipinski definition) is 2. The number of aliphatic hydroxyl groups is 1. The average Bonchev–Trinajstić information content (AvgIpc) is 2.25. The summed E-state index contributed by atoms with van der Waals surface area (Å²) < 4.78 is 5.63. The summed E-state index contributed by atoms with van der Waals surface area (Å²) in [5, 5.41) is 8.59. The van der Waals surface area contributed by atoms with Crippen LogP contribution in [0, 0.1) is 11.8 Å². The van der Waals surface area contributed by atoms with Crippen molar-refractivity contribution in [2.24, 2.45) is 0 Å². The largest absolute Gasteiger partial charge is 0.384 e. The van der Waals surface area contributed by atoms with Gasteiger partial charge in [0.15, 0.2) is 0 Å². The number of benzene rings is 1. The van der Waals surface area contributed by atoms with Crippen molar-refractivity contribution in [1.29, 1.82) is 0 Å². The molecule has 0 saturated heterocycles. The van der Waals surface area contributed by atoms with Crippen LogP contribution >= 0.6 is 0 Å². The van der Waals surface area contributed by atoms with Crippen molar-refractivity contribution in [3.63, 3.8) is 0 Å². The summed E-state index contributed by atoms with van der Waals surface area (Å²) in [5.74, 6) is 5.46. The van der Waals surface area contributed by atoms with Gasteiger partial charge in [0.1, 0.15) is 12.2 Å². The molecule has 0 heterocycles. The highest BCUT2D eigenvalue weighted by molar-refractivity contribution is 5.15. The van der Waals surface area contributed by atoms with Crippen LogP contribution in [0.3, 0.4) is 0 Å². The lowest BCUT2D eigenvalue weighted by molar-refractivity contribution is 0.0143. The first-order valence-corrected chi connectivity index (χ1v) is 4.93. The van der Waals surface area contributed by atoms with E-state index in [4.69, 9.17) is 9.84 Å². The third-order valence-corrected chi connectivity index (χ3v) is 1.91. The Morgan fingerprint density at radius 3 is 2.53 bits per heavy atom. The molecule has 0 aromatic heterocycles. The molecule has 1 N–H and O–H groups in total. The maximum absolute atomic E-state index is 8.59. The van der Waals surface area contributed by atoms with Crippen LogP contribution in [-0.2, 0) is 11.3 Å². The van der Waals surface area contributed by atoms with Crippen LogP contribution in [0.15, 0.2) is 30.3 Å². The molecule has 0 bridgehead atoms. The standard InChI is InChI=1S/C13H16O2/c1-13(2,9-6-10-14)15-11-12-7-4-3-5-8-12/h3-5,7-8,14H,10-11H2,1-2H3. The summed E-state index contributed by atoms with van der Waals surface area (Å²) in [5.41, 5.74) is 0.606. The van der Waals surface area contributed by atoms with Gasteiger partial charge in [0.05, 0.1) is 6.61 Å². The minimum Gasteiger partial charge on any atom is -0.384 e. The van der Waals surface area contributed by atoms with E-state index in [1.807, 2.05) is 44.2 Å². The van der Waals surface area contributed by atoms with E-state index >= 15 is 0 Å². The second-order valence-corrected chi connectivity index (χ2v) is 3.74. The van der Waals surface area contributed by atoms with E-state index in [1.165, 1.54) is 0 Å². The first-order chi connectivity index (χ1) is 7.14. The minimum atomic E-state index is -0.515. The van der Waals surface area contributed by atoms with Gasteiger partial charge in [-0.2, -0.15) is 0 Å². The lowest BCUT2D eigenvalue weighted by Gasteiger charge is -2.18. The van der Waals surface area contributed by atoms with Crippen LogP contribution in [0.5, 0.6) is 0 Å². The van der Waals surface area contributed by atoms with Gasteiger partial charge in [-0.1, -0.05) is 42.2 Å². The molecular formula is C13H16O2. The van der Waals surface area contributed by atoms with Crippen molar-refractivity contribution in [3.8, 4) is 11.8 Å². The van der Waals surface area contributed by atoms with Gasteiger partial charge in [0.25, 0.3) is 0 Å². The normalized spacial score (nSPS) is 10.6. The maximum atomic E-state index is 8.59. The highest BCUT2D eigenvalue weighted by Gasteiger charge is 2.14. The molecule has 0 atom stereocenters. The van der Waals surface area contributed by atoms with Crippen molar-refractivity contribution in [1.82, 2.24) is 0 Å². The van der Waals surface area contributed by atoms with Gasteiger partial charge in [-0.25, -0.2) is 0 Å². The van der Waals surface area contributed by atoms with E-state index in [9.17, 15) is 0 Å². The van der Waals surface area contributed by atoms with E-state index in [1.54, 1.807) is 0 Å². The molecule has 0 radical (unpaired) electrons. The zero-order valence-corrected chi connectivity index (χ0v) is 9.16. The van der Waals surface area contributed by atoms with Crippen LogP contribution < -0.4 is 0 Å². The molecule has 0 aliphatic rings. The highest BCUT2D eigenvalue weighted by atomic mass is 16.5. The number of ether oxygens (including phenoxy) is 1. The van der Waals surface area contributed by atoms with Crippen molar-refractivity contribution < 1.29 is 9.84 Å². The Labute approximate surface area is 90.9 Å². The monoisotopic (exact) mass is 204 g/mol. The molecule has 1 aromatic rings. The zero-order valence-electron chi connectivity index (χ0n) is 9.16. The second kappa shape index (κ2) is 5.55. The number of hydrogen-bond donors (Lipinski definition) is 1. The summed E-state index contributed by atoms with van der Waals surface area (Å²) in [6.45, 7) is 4.18. The highest BCUT2D eigenvalue weighted by Crippen LogP contribution is 2.11. The van der Waals surface area contributed by atoms with Crippen molar-refractivity contribution >= 4 is 0 Å². The Morgan fingerprint density at radius 2 is 1.93 bits per heavy atom. The smallest absolute Gasteiger partial charge is 0.123 e. The van der Waals surface area contributed by atoms with E-state index < -0.39 is 5.60 Å². The van der Waals surface area contributed by atoms with Crippen LogP contribution in [0.1, 0.15) is 19.4 Å². The first-order valence-electron chi connectivity index (χ1n) is 4.93. The third kappa shape index (κ3) is 4.64. The summed E-state index contributed by atoms with van der Waals surface area (Å²) in [4.78, 5) is 0. The van der Waals surface area contributed by atoms with Crippen LogP contribution in [0.2, 0.25) is 0 Å². The molecule has 0 aliphatic heterocycles. The molecule has 1 rings (SSSR count). The molecule has 1 aromatic carbocycles. The van der Waals surface area contributed by atoms with Gasteiger partial charge >= 0.3 is 0 Å². The van der Waals surface area contributed by atoms with Gasteiger partial charge in [0, 0.05) is 0 Å². The molecule has 0 spiro atoms. The zero-order chi connectivity index (χ0) is 11.1. The number of rotatable bonds is 3. The summed E-state index contributed by atoms with van der Waals surface area (Å²) in [6, 6.07) is 9.95. The average molecular weight is 204 g/mol. The molecule has 2 nitrogen and oxygen atoms in total. The predicted molar refractivity (Wildman–Crippen MR) is 60.2 cm³/mol. The maximum Gasteiger partial charge on any atom is 0.123 e. The fraction of sp³-hybridized carbons (Fsp3) is 0.385. The van der Waals surface area contributed by atoms with Crippen molar-refractivity contribution in [3.05, 3.63) is 35.9 Å². The van der Waals surface area contributed by atoms with Crippen LogP contribution in [-0.4, -0.2) is 17.3 Å². The predicted octanol–water partition coefficient (Wildman–Crippen LogP) is 1.98. The topological polar surface area (TPSA) is 29.5 Å². The number of aliphatic hydroxyl groups excluding tert-OH is 1. The van der Waals surface area contributed by atoms with Gasteiger partial charge in [-0.05, 0) is 19.4 Å². The fourth-order valence-corrected chi connectivity index (χ4v) is 1.13. The lowest BCUT2D eigenvalue weighted by Crippen LogP contribution is -2.21. The molecule has 2 heteroatoms. The van der Waals surface area contributed by atoms with Gasteiger partial charge in [-0.3, -0.25) is 0 Å². The lowest BCUT2D eigenvalue weighted by atomic mass is 10.1. The summed E-state index contributed by atoms with van der Waals surface area (Å²) in [6.07, 6.45) is 0. The first kappa shape index (κ1) is 11.8. The summed E-state index contributed by atoms with van der Waals surface area (Å²) in [7, 11) is 0.